The van der Waals surface area contributed by atoms with Crippen LogP contribution in [0, 0.1) is 6.92 Å². The summed E-state index contributed by atoms with van der Waals surface area (Å²) in [6.07, 6.45) is 4.64. The second-order valence-corrected chi connectivity index (χ2v) is 21.9. The van der Waals surface area contributed by atoms with Crippen molar-refractivity contribution < 1.29 is 4.42 Å². The number of benzene rings is 7. The van der Waals surface area contributed by atoms with Crippen molar-refractivity contribution in [3.05, 3.63) is 161 Å². The van der Waals surface area contributed by atoms with Crippen LogP contribution in [0.15, 0.2) is 138 Å². The lowest BCUT2D eigenvalue weighted by atomic mass is 9.43. The molecule has 0 bridgehead atoms. The van der Waals surface area contributed by atoms with Gasteiger partial charge >= 0.3 is 6.85 Å². The highest BCUT2D eigenvalue weighted by Crippen LogP contribution is 2.55. The molecule has 0 saturated carbocycles. The van der Waals surface area contributed by atoms with Gasteiger partial charge in [0.25, 0.3) is 0 Å². The van der Waals surface area contributed by atoms with Crippen molar-refractivity contribution in [2.45, 2.75) is 110 Å². The maximum absolute atomic E-state index is 7.62. The second kappa shape index (κ2) is 13.0. The minimum absolute atomic E-state index is 0.0357. The zero-order valence-corrected chi connectivity index (χ0v) is 38.4. The van der Waals surface area contributed by atoms with Gasteiger partial charge in [0, 0.05) is 33.5 Å². The van der Waals surface area contributed by atoms with Crippen LogP contribution in [-0.4, -0.2) is 6.85 Å². The topological polar surface area (TPSA) is 19.6 Å². The zero-order valence-electron chi connectivity index (χ0n) is 38.4. The molecule has 3 nitrogen and oxygen atoms in total. The lowest BCUT2D eigenvalue weighted by Gasteiger charge is -2.46. The summed E-state index contributed by atoms with van der Waals surface area (Å²) in [5.74, 6) is 0.928. The molecule has 3 heterocycles. The first-order chi connectivity index (χ1) is 30.1. The number of para-hydroxylation sites is 1. The van der Waals surface area contributed by atoms with Gasteiger partial charge in [-0.05, 0) is 170 Å². The predicted octanol–water partition coefficient (Wildman–Crippen LogP) is 15.0. The van der Waals surface area contributed by atoms with Crippen LogP contribution < -0.4 is 20.6 Å². The molecule has 0 fully saturated rings. The lowest BCUT2D eigenvalue weighted by molar-refractivity contribution is 0.332. The highest BCUT2D eigenvalue weighted by Gasteiger charge is 2.50. The van der Waals surface area contributed by atoms with Gasteiger partial charge in [-0.1, -0.05) is 134 Å². The molecule has 63 heavy (non-hydrogen) atoms. The van der Waals surface area contributed by atoms with E-state index in [-0.39, 0.29) is 28.5 Å². The van der Waals surface area contributed by atoms with Crippen molar-refractivity contribution >= 4 is 68.1 Å². The molecule has 7 aromatic carbocycles. The van der Waals surface area contributed by atoms with E-state index >= 15 is 0 Å². The molecule has 0 N–H and O–H groups in total. The van der Waals surface area contributed by atoms with E-state index in [2.05, 4.69) is 205 Å². The summed E-state index contributed by atoms with van der Waals surface area (Å²) < 4.78 is 7.62. The number of anilines is 5. The molecular weight excluding hydrogens is 763 g/mol. The minimum Gasteiger partial charge on any atom is -0.440 e. The van der Waals surface area contributed by atoms with Gasteiger partial charge in [0.05, 0.1) is 5.69 Å². The number of nitrogens with zero attached hydrogens (tertiary/aromatic N) is 2. The van der Waals surface area contributed by atoms with Crippen molar-refractivity contribution in [1.29, 1.82) is 0 Å². The Balaban J connectivity index is 1.26. The third-order valence-electron chi connectivity index (χ3n) is 16.1. The monoisotopic (exact) mass is 820 g/mol. The van der Waals surface area contributed by atoms with E-state index in [1.165, 1.54) is 106 Å². The van der Waals surface area contributed by atoms with Crippen molar-refractivity contribution in [2.75, 3.05) is 9.71 Å². The Kier molecular flexibility index (Phi) is 8.00. The second-order valence-electron chi connectivity index (χ2n) is 21.9. The first kappa shape index (κ1) is 38.7. The van der Waals surface area contributed by atoms with E-state index in [4.69, 9.17) is 4.42 Å². The normalized spacial score (nSPS) is 18.4. The number of furan rings is 1. The Labute approximate surface area is 373 Å². The summed E-state index contributed by atoms with van der Waals surface area (Å²) in [7, 11) is 0. The van der Waals surface area contributed by atoms with Gasteiger partial charge in [-0.15, -0.1) is 0 Å². The van der Waals surface area contributed by atoms with Gasteiger partial charge in [0.1, 0.15) is 5.58 Å². The summed E-state index contributed by atoms with van der Waals surface area (Å²) in [6, 6.07) is 50.9. The highest BCUT2D eigenvalue weighted by molar-refractivity contribution is 6.95. The number of hydrogen-bond acceptors (Lipinski definition) is 3. The molecule has 312 valence electrons. The van der Waals surface area contributed by atoms with E-state index in [0.717, 1.165) is 30.7 Å². The molecule has 2 aliphatic heterocycles. The molecule has 8 aromatic rings. The van der Waals surface area contributed by atoms with Crippen LogP contribution in [0.4, 0.5) is 28.6 Å². The first-order valence-corrected chi connectivity index (χ1v) is 23.3. The molecule has 0 spiro atoms. The number of hydrogen-bond donors (Lipinski definition) is 0. The molecule has 4 aliphatic rings. The molecule has 0 amide bonds. The molecule has 12 rings (SSSR count). The highest BCUT2D eigenvalue weighted by atomic mass is 16.4. The van der Waals surface area contributed by atoms with Crippen LogP contribution in [-0.2, 0) is 21.7 Å². The third kappa shape index (κ3) is 5.59. The van der Waals surface area contributed by atoms with E-state index in [1.807, 2.05) is 0 Å². The van der Waals surface area contributed by atoms with Gasteiger partial charge in [-0.2, -0.15) is 0 Å². The van der Waals surface area contributed by atoms with Gasteiger partial charge in [-0.3, -0.25) is 4.90 Å². The maximum Gasteiger partial charge on any atom is 0.337 e. The van der Waals surface area contributed by atoms with Gasteiger partial charge < -0.3 is 9.23 Å². The summed E-state index contributed by atoms with van der Waals surface area (Å²) in [5, 5.41) is 3.70. The average molecular weight is 821 g/mol. The largest absolute Gasteiger partial charge is 0.440 e. The number of rotatable bonds is 3. The van der Waals surface area contributed by atoms with Crippen LogP contribution in [0.2, 0.25) is 0 Å². The molecule has 0 saturated heterocycles. The Morgan fingerprint density at radius 3 is 1.68 bits per heavy atom. The zero-order chi connectivity index (χ0) is 43.4. The number of aryl methyl sites for hydroxylation is 1. The van der Waals surface area contributed by atoms with Gasteiger partial charge in [-0.25, -0.2) is 0 Å². The Morgan fingerprint density at radius 1 is 0.476 bits per heavy atom. The van der Waals surface area contributed by atoms with E-state index in [9.17, 15) is 0 Å². The molecule has 0 radical (unpaired) electrons. The third-order valence-corrected chi connectivity index (χ3v) is 16.1. The van der Waals surface area contributed by atoms with Crippen molar-refractivity contribution in [3.8, 4) is 22.3 Å². The standard InChI is InChI=1S/C59H57BN2O/c1-36-28-45-47(58(6,7)26-24-56(45,2)3)34-49(36)61-51-32-40(37-18-12-10-13-19-37)30-43-42-29-38-20-16-17-21-39(38)31-50(42)62(41-22-14-11-15-23-41)60(53(43)51)54-44-33-46-48(35-52(44)63-55(54)61)59(8,9)27-25-57(46,4)5/h10-23,28-35H,24-27H2,1-9H3. The van der Waals surface area contributed by atoms with Crippen molar-refractivity contribution in [1.82, 2.24) is 0 Å². The van der Waals surface area contributed by atoms with Gasteiger partial charge in [0.15, 0.2) is 0 Å². The Bertz CT molecular complexity index is 3210. The fourth-order valence-corrected chi connectivity index (χ4v) is 12.1. The van der Waals surface area contributed by atoms with Crippen molar-refractivity contribution in [3.63, 3.8) is 0 Å². The Morgan fingerprint density at radius 2 is 1.03 bits per heavy atom. The summed E-state index contributed by atoms with van der Waals surface area (Å²) >= 11 is 0. The molecule has 4 heteroatoms. The van der Waals surface area contributed by atoms with E-state index < -0.39 is 0 Å². The summed E-state index contributed by atoms with van der Waals surface area (Å²) in [5.41, 5.74) is 20.6. The van der Waals surface area contributed by atoms with E-state index in [0.29, 0.717) is 0 Å². The van der Waals surface area contributed by atoms with E-state index in [1.54, 1.807) is 0 Å². The van der Waals surface area contributed by atoms with Crippen LogP contribution in [0.5, 0.6) is 0 Å². The van der Waals surface area contributed by atoms with Crippen LogP contribution in [0.1, 0.15) is 109 Å². The Hall–Kier alpha value is -6.00. The molecular formula is C59H57BN2O. The molecule has 2 aliphatic carbocycles. The fourth-order valence-electron chi connectivity index (χ4n) is 12.1. The maximum atomic E-state index is 7.62. The first-order valence-electron chi connectivity index (χ1n) is 23.3. The SMILES string of the molecule is Cc1cc2c(cc1N1c3cc(-c4ccccc4)cc4c3B(c3c1oc1cc5c(cc31)C(C)(C)CCC5(C)C)N(c1ccccc1)c1cc3ccccc3cc1-4)C(C)(C)CCC2(C)C. The van der Waals surface area contributed by atoms with Crippen LogP contribution in [0.3, 0.4) is 0 Å². The minimum atomic E-state index is -0.158. The van der Waals surface area contributed by atoms with Crippen molar-refractivity contribution in [2.24, 2.45) is 0 Å². The fraction of sp³-hybridized carbons (Fsp3) is 0.288. The predicted molar refractivity (Wildman–Crippen MR) is 268 cm³/mol. The smallest absolute Gasteiger partial charge is 0.337 e. The van der Waals surface area contributed by atoms with Crippen LogP contribution >= 0.6 is 0 Å². The van der Waals surface area contributed by atoms with Crippen LogP contribution in [0.25, 0.3) is 44.0 Å². The summed E-state index contributed by atoms with van der Waals surface area (Å²) in [4.78, 5) is 5.19. The summed E-state index contributed by atoms with van der Waals surface area (Å²) in [6.45, 7) is 21.7. The average Bonchev–Trinajstić information content (AvgIpc) is 3.65. The number of fused-ring (bicyclic) bond motifs is 9. The molecule has 0 atom stereocenters. The quantitative estimate of drug-likeness (QED) is 0.166. The lowest BCUT2D eigenvalue weighted by Crippen LogP contribution is -2.61. The van der Waals surface area contributed by atoms with Gasteiger partial charge in [0.2, 0.25) is 5.88 Å². The molecule has 1 aromatic heterocycles. The molecule has 0 unspecified atom stereocenters.